The minimum absolute atomic E-state index is 0.0643. The minimum atomic E-state index is -0.0643. The highest BCUT2D eigenvalue weighted by Gasteiger charge is 2.18. The van der Waals surface area contributed by atoms with Crippen LogP contribution >= 0.6 is 0 Å². The smallest absolute Gasteiger partial charge is 0.305 e. The summed E-state index contributed by atoms with van der Waals surface area (Å²) in [5.41, 5.74) is 5.66. The maximum atomic E-state index is 11.4. The molecular formula is C23H29NO2. The molecule has 138 valence electrons. The van der Waals surface area contributed by atoms with Crippen molar-refractivity contribution in [2.45, 2.75) is 52.0 Å². The van der Waals surface area contributed by atoms with Crippen molar-refractivity contribution in [3.05, 3.63) is 65.2 Å². The van der Waals surface area contributed by atoms with Crippen molar-refractivity contribution in [2.75, 3.05) is 18.1 Å². The van der Waals surface area contributed by atoms with Gasteiger partial charge in [-0.05, 0) is 48.9 Å². The molecule has 0 fully saturated rings. The Morgan fingerprint density at radius 1 is 0.923 bits per heavy atom. The predicted molar refractivity (Wildman–Crippen MR) is 106 cm³/mol. The highest BCUT2D eigenvalue weighted by molar-refractivity contribution is 5.69. The minimum Gasteiger partial charge on any atom is -0.466 e. The number of carbonyl (C=O) groups is 1. The molecule has 0 saturated carbocycles. The molecule has 0 unspecified atom stereocenters. The van der Waals surface area contributed by atoms with Gasteiger partial charge >= 0.3 is 5.97 Å². The molecule has 3 rings (SSSR count). The molecule has 0 N–H and O–H groups in total. The average Bonchev–Trinajstić information content (AvgIpc) is 2.81. The molecule has 1 heterocycles. The van der Waals surface area contributed by atoms with E-state index in [4.69, 9.17) is 4.74 Å². The van der Waals surface area contributed by atoms with Crippen LogP contribution in [0.2, 0.25) is 0 Å². The third-order valence-corrected chi connectivity index (χ3v) is 5.06. The number of hydrogen-bond donors (Lipinski definition) is 0. The number of esters is 1. The molecule has 2 aromatic carbocycles. The zero-order valence-electron chi connectivity index (χ0n) is 15.7. The Balaban J connectivity index is 1.55. The lowest BCUT2D eigenvalue weighted by molar-refractivity contribution is -0.143. The van der Waals surface area contributed by atoms with E-state index in [0.29, 0.717) is 13.0 Å². The number of benzene rings is 2. The van der Waals surface area contributed by atoms with Crippen LogP contribution in [0.1, 0.15) is 55.7 Å². The number of para-hydroxylation sites is 1. The van der Waals surface area contributed by atoms with E-state index >= 15 is 0 Å². The second kappa shape index (κ2) is 9.42. The standard InChI is InChI=1S/C23H29NO2/c1-2-26-23(25)15-5-3-4-10-16-24-18-21-13-7-6-11-19(21)17-20-12-8-9-14-22(20)24/h6-9,11-14H,2-5,10,15-18H2,1H3. The summed E-state index contributed by atoms with van der Waals surface area (Å²) in [6, 6.07) is 17.6. The molecule has 2 aromatic rings. The molecule has 1 aliphatic rings. The average molecular weight is 351 g/mol. The molecule has 0 aliphatic carbocycles. The van der Waals surface area contributed by atoms with E-state index in [9.17, 15) is 4.79 Å². The zero-order valence-corrected chi connectivity index (χ0v) is 15.7. The molecule has 0 atom stereocenters. The number of carbonyl (C=O) groups excluding carboxylic acids is 1. The molecule has 0 spiro atoms. The monoisotopic (exact) mass is 351 g/mol. The fourth-order valence-corrected chi connectivity index (χ4v) is 3.71. The maximum absolute atomic E-state index is 11.4. The van der Waals surface area contributed by atoms with Gasteiger partial charge < -0.3 is 9.64 Å². The molecule has 0 amide bonds. The second-order valence-electron chi connectivity index (χ2n) is 6.96. The molecule has 0 saturated heterocycles. The summed E-state index contributed by atoms with van der Waals surface area (Å²) in [7, 11) is 0. The van der Waals surface area contributed by atoms with Crippen molar-refractivity contribution in [1.29, 1.82) is 0 Å². The van der Waals surface area contributed by atoms with Crippen LogP contribution in [0.4, 0.5) is 5.69 Å². The quantitative estimate of drug-likeness (QED) is 0.489. The van der Waals surface area contributed by atoms with Gasteiger partial charge in [0.15, 0.2) is 0 Å². The fraction of sp³-hybridized carbons (Fsp3) is 0.435. The van der Waals surface area contributed by atoms with Gasteiger partial charge in [-0.25, -0.2) is 0 Å². The zero-order chi connectivity index (χ0) is 18.2. The summed E-state index contributed by atoms with van der Waals surface area (Å²) in [6.07, 6.45) is 5.89. The van der Waals surface area contributed by atoms with Crippen LogP contribution in [0.5, 0.6) is 0 Å². The molecule has 0 radical (unpaired) electrons. The summed E-state index contributed by atoms with van der Waals surface area (Å²) in [5, 5.41) is 0. The topological polar surface area (TPSA) is 29.5 Å². The van der Waals surface area contributed by atoms with Crippen LogP contribution in [-0.4, -0.2) is 19.1 Å². The van der Waals surface area contributed by atoms with E-state index in [1.54, 1.807) is 0 Å². The Morgan fingerprint density at radius 2 is 1.62 bits per heavy atom. The van der Waals surface area contributed by atoms with E-state index in [-0.39, 0.29) is 5.97 Å². The molecule has 3 heteroatoms. The number of ether oxygens (including phenoxy) is 1. The van der Waals surface area contributed by atoms with Crippen LogP contribution in [0.3, 0.4) is 0 Å². The van der Waals surface area contributed by atoms with Crippen molar-refractivity contribution in [3.8, 4) is 0 Å². The summed E-state index contributed by atoms with van der Waals surface area (Å²) in [6.45, 7) is 4.38. The number of hydrogen-bond acceptors (Lipinski definition) is 3. The number of nitrogens with zero attached hydrogens (tertiary/aromatic N) is 1. The molecule has 0 aromatic heterocycles. The van der Waals surface area contributed by atoms with Crippen LogP contribution < -0.4 is 4.90 Å². The number of anilines is 1. The summed E-state index contributed by atoms with van der Waals surface area (Å²) >= 11 is 0. The molecule has 3 nitrogen and oxygen atoms in total. The Bertz CT molecular complexity index is 726. The normalized spacial score (nSPS) is 12.9. The van der Waals surface area contributed by atoms with Crippen LogP contribution in [0.15, 0.2) is 48.5 Å². The predicted octanol–water partition coefficient (Wildman–Crippen LogP) is 5.11. The van der Waals surface area contributed by atoms with Crippen molar-refractivity contribution in [3.63, 3.8) is 0 Å². The molecule has 0 bridgehead atoms. The van der Waals surface area contributed by atoms with Gasteiger partial charge in [-0.2, -0.15) is 0 Å². The SMILES string of the molecule is CCOC(=O)CCCCCCN1Cc2ccccc2Cc2ccccc21. The number of unbranched alkanes of at least 4 members (excludes halogenated alkanes) is 3. The Labute approximate surface area is 157 Å². The highest BCUT2D eigenvalue weighted by atomic mass is 16.5. The lowest BCUT2D eigenvalue weighted by Crippen LogP contribution is -2.24. The Hall–Kier alpha value is -2.29. The summed E-state index contributed by atoms with van der Waals surface area (Å²) < 4.78 is 4.98. The van der Waals surface area contributed by atoms with Gasteiger partial charge in [0.05, 0.1) is 6.61 Å². The maximum Gasteiger partial charge on any atom is 0.305 e. The lowest BCUT2D eigenvalue weighted by atomic mass is 10.0. The first-order valence-electron chi connectivity index (χ1n) is 9.83. The van der Waals surface area contributed by atoms with Crippen molar-refractivity contribution < 1.29 is 9.53 Å². The third kappa shape index (κ3) is 4.87. The Kier molecular flexibility index (Phi) is 6.70. The van der Waals surface area contributed by atoms with Crippen molar-refractivity contribution in [2.24, 2.45) is 0 Å². The van der Waals surface area contributed by atoms with Crippen LogP contribution in [0, 0.1) is 0 Å². The number of rotatable bonds is 8. The van der Waals surface area contributed by atoms with Gasteiger partial charge in [0.1, 0.15) is 0 Å². The van der Waals surface area contributed by atoms with E-state index < -0.39 is 0 Å². The fourth-order valence-electron chi connectivity index (χ4n) is 3.71. The van der Waals surface area contributed by atoms with Crippen molar-refractivity contribution in [1.82, 2.24) is 0 Å². The lowest BCUT2D eigenvalue weighted by Gasteiger charge is -2.25. The second-order valence-corrected chi connectivity index (χ2v) is 6.96. The number of fused-ring (bicyclic) bond motifs is 2. The van der Waals surface area contributed by atoms with Gasteiger partial charge in [-0.15, -0.1) is 0 Å². The first-order valence-corrected chi connectivity index (χ1v) is 9.83. The molecular weight excluding hydrogens is 322 g/mol. The summed E-state index contributed by atoms with van der Waals surface area (Å²) in [5.74, 6) is -0.0643. The largest absolute Gasteiger partial charge is 0.466 e. The van der Waals surface area contributed by atoms with Crippen molar-refractivity contribution >= 4 is 11.7 Å². The Morgan fingerprint density at radius 3 is 2.42 bits per heavy atom. The third-order valence-electron chi connectivity index (χ3n) is 5.06. The first kappa shape index (κ1) is 18.5. The highest BCUT2D eigenvalue weighted by Crippen LogP contribution is 2.30. The van der Waals surface area contributed by atoms with Gasteiger partial charge in [0, 0.05) is 25.2 Å². The van der Waals surface area contributed by atoms with Crippen LogP contribution in [-0.2, 0) is 22.5 Å². The van der Waals surface area contributed by atoms with E-state index in [1.807, 2.05) is 6.92 Å². The van der Waals surface area contributed by atoms with E-state index in [1.165, 1.54) is 22.4 Å². The van der Waals surface area contributed by atoms with Gasteiger partial charge in [-0.1, -0.05) is 55.3 Å². The molecule has 26 heavy (non-hydrogen) atoms. The van der Waals surface area contributed by atoms with Gasteiger partial charge in [0.25, 0.3) is 0 Å². The first-order chi connectivity index (χ1) is 12.8. The summed E-state index contributed by atoms with van der Waals surface area (Å²) in [4.78, 5) is 13.9. The van der Waals surface area contributed by atoms with Crippen LogP contribution in [0.25, 0.3) is 0 Å². The van der Waals surface area contributed by atoms with Gasteiger partial charge in [0.2, 0.25) is 0 Å². The van der Waals surface area contributed by atoms with E-state index in [0.717, 1.165) is 45.2 Å². The van der Waals surface area contributed by atoms with Gasteiger partial charge in [-0.3, -0.25) is 4.79 Å². The van der Waals surface area contributed by atoms with E-state index in [2.05, 4.69) is 53.4 Å². The molecule has 1 aliphatic heterocycles.